The van der Waals surface area contributed by atoms with Crippen LogP contribution in [0.3, 0.4) is 0 Å². The number of rotatable bonds is 5. The molecule has 0 unspecified atom stereocenters. The van der Waals surface area contributed by atoms with E-state index in [1.165, 1.54) is 11.1 Å². The normalized spacial score (nSPS) is 16.2. The summed E-state index contributed by atoms with van der Waals surface area (Å²) < 4.78 is 5.73. The number of carbonyl (C=O) groups is 1. The maximum Gasteiger partial charge on any atom is 0.268 e. The first-order valence-corrected chi connectivity index (χ1v) is 11.4. The zero-order chi connectivity index (χ0) is 22.8. The number of halogens is 2. The predicted octanol–water partition coefficient (Wildman–Crippen LogP) is 4.69. The molecule has 0 radical (unpaired) electrons. The second-order valence-corrected chi connectivity index (χ2v) is 8.67. The molecule has 0 spiro atoms. The third-order valence-corrected chi connectivity index (χ3v) is 6.23. The van der Waals surface area contributed by atoms with Crippen molar-refractivity contribution in [3.63, 3.8) is 0 Å². The van der Waals surface area contributed by atoms with Gasteiger partial charge in [0.05, 0.1) is 15.7 Å². The van der Waals surface area contributed by atoms with E-state index < -0.39 is 0 Å². The Morgan fingerprint density at radius 2 is 1.73 bits per heavy atom. The molecular formula is C23H22Cl2N6O2. The van der Waals surface area contributed by atoms with E-state index in [0.717, 1.165) is 37.3 Å². The van der Waals surface area contributed by atoms with Crippen LogP contribution in [0.25, 0.3) is 0 Å². The lowest BCUT2D eigenvalue weighted by molar-refractivity contribution is 0.0932. The number of anilines is 4. The maximum absolute atomic E-state index is 13.0. The summed E-state index contributed by atoms with van der Waals surface area (Å²) in [7, 11) is 0. The van der Waals surface area contributed by atoms with Crippen LogP contribution < -0.4 is 25.6 Å². The molecule has 5 rings (SSSR count). The second kappa shape index (κ2) is 9.43. The lowest BCUT2D eigenvalue weighted by Crippen LogP contribution is -2.39. The van der Waals surface area contributed by atoms with Crippen LogP contribution in [0.4, 0.5) is 23.0 Å². The predicted molar refractivity (Wildman–Crippen MR) is 130 cm³/mol. The summed E-state index contributed by atoms with van der Waals surface area (Å²) in [6.45, 7) is 2.03. The van der Waals surface area contributed by atoms with Crippen molar-refractivity contribution < 1.29 is 9.53 Å². The average Bonchev–Trinajstić information content (AvgIpc) is 2.82. The Labute approximate surface area is 201 Å². The van der Waals surface area contributed by atoms with Crippen molar-refractivity contribution in [2.45, 2.75) is 18.9 Å². The topological polar surface area (TPSA) is 91.4 Å². The molecule has 3 heterocycles. The van der Waals surface area contributed by atoms with Gasteiger partial charge < -0.3 is 20.7 Å². The van der Waals surface area contributed by atoms with Crippen LogP contribution in [0.15, 0.2) is 48.7 Å². The van der Waals surface area contributed by atoms with Crippen LogP contribution in [-0.4, -0.2) is 41.7 Å². The number of ether oxygens (including phenoxy) is 1. The van der Waals surface area contributed by atoms with E-state index in [2.05, 4.69) is 25.9 Å². The Kier molecular flexibility index (Phi) is 6.22. The van der Waals surface area contributed by atoms with Crippen molar-refractivity contribution in [1.82, 2.24) is 15.3 Å². The molecule has 3 N–H and O–H groups in total. The molecule has 33 heavy (non-hydrogen) atoms. The van der Waals surface area contributed by atoms with Gasteiger partial charge >= 0.3 is 0 Å². The lowest BCUT2D eigenvalue weighted by atomic mass is 10.1. The minimum Gasteiger partial charge on any atom is -0.455 e. The summed E-state index contributed by atoms with van der Waals surface area (Å²) in [5, 5.41) is 10.8. The van der Waals surface area contributed by atoms with Gasteiger partial charge in [0.2, 0.25) is 11.8 Å². The molecule has 1 saturated heterocycles. The highest BCUT2D eigenvalue weighted by molar-refractivity contribution is 6.40. The third-order valence-electron chi connectivity index (χ3n) is 5.62. The number of hydrogen-bond donors (Lipinski definition) is 3. The number of hydrogen-bond acceptors (Lipinski definition) is 7. The van der Waals surface area contributed by atoms with Crippen LogP contribution in [0.5, 0.6) is 5.88 Å². The molecule has 0 bridgehead atoms. The Morgan fingerprint density at radius 3 is 2.45 bits per heavy atom. The summed E-state index contributed by atoms with van der Waals surface area (Å²) in [4.78, 5) is 23.0. The van der Waals surface area contributed by atoms with Gasteiger partial charge in [0.1, 0.15) is 5.56 Å². The zero-order valence-electron chi connectivity index (χ0n) is 17.6. The SMILES string of the molecule is O=C1c2cnc(Nc3ccc(NC4CCNCC4)cc3)nc2OCN1c1c(Cl)cccc1Cl. The second-order valence-electron chi connectivity index (χ2n) is 7.86. The number of benzene rings is 2. The van der Waals surface area contributed by atoms with E-state index in [0.29, 0.717) is 27.7 Å². The third kappa shape index (κ3) is 4.68. The Hall–Kier alpha value is -3.07. The van der Waals surface area contributed by atoms with Crippen molar-refractivity contribution in [1.29, 1.82) is 0 Å². The molecule has 10 heteroatoms. The smallest absolute Gasteiger partial charge is 0.268 e. The Balaban J connectivity index is 1.28. The largest absolute Gasteiger partial charge is 0.455 e. The first kappa shape index (κ1) is 21.8. The molecule has 2 aromatic carbocycles. The molecule has 3 aromatic rings. The van der Waals surface area contributed by atoms with Gasteiger partial charge in [-0.2, -0.15) is 4.98 Å². The molecule has 2 aliphatic heterocycles. The van der Waals surface area contributed by atoms with Crippen LogP contribution in [0.1, 0.15) is 23.2 Å². The highest BCUT2D eigenvalue weighted by Crippen LogP contribution is 2.37. The van der Waals surface area contributed by atoms with Gasteiger partial charge in [0.25, 0.3) is 5.91 Å². The number of fused-ring (bicyclic) bond motifs is 1. The quantitative estimate of drug-likeness (QED) is 0.483. The van der Waals surface area contributed by atoms with E-state index in [9.17, 15) is 4.79 Å². The molecule has 8 nitrogen and oxygen atoms in total. The van der Waals surface area contributed by atoms with E-state index in [-0.39, 0.29) is 24.1 Å². The Morgan fingerprint density at radius 1 is 1.03 bits per heavy atom. The number of carbonyl (C=O) groups excluding carboxylic acids is 1. The average molecular weight is 485 g/mol. The minimum absolute atomic E-state index is 0.0528. The van der Waals surface area contributed by atoms with Crippen molar-refractivity contribution in [2.75, 3.05) is 35.4 Å². The van der Waals surface area contributed by atoms with Gasteiger partial charge in [-0.15, -0.1) is 0 Å². The summed E-state index contributed by atoms with van der Waals surface area (Å²) >= 11 is 12.5. The van der Waals surface area contributed by atoms with E-state index >= 15 is 0 Å². The summed E-state index contributed by atoms with van der Waals surface area (Å²) in [6.07, 6.45) is 3.67. The molecule has 170 valence electrons. The summed E-state index contributed by atoms with van der Waals surface area (Å²) in [5.74, 6) is 0.220. The lowest BCUT2D eigenvalue weighted by Gasteiger charge is -2.29. The number of para-hydroxylation sites is 1. The number of piperidine rings is 1. The highest BCUT2D eigenvalue weighted by Gasteiger charge is 2.31. The number of nitrogens with zero attached hydrogens (tertiary/aromatic N) is 3. The fourth-order valence-electron chi connectivity index (χ4n) is 3.91. The van der Waals surface area contributed by atoms with Gasteiger partial charge in [-0.3, -0.25) is 9.69 Å². The fraction of sp³-hybridized carbons (Fsp3) is 0.261. The molecule has 0 saturated carbocycles. The minimum atomic E-state index is -0.328. The van der Waals surface area contributed by atoms with Crippen molar-refractivity contribution in [3.8, 4) is 5.88 Å². The van der Waals surface area contributed by atoms with Gasteiger partial charge in [-0.25, -0.2) is 4.98 Å². The summed E-state index contributed by atoms with van der Waals surface area (Å²) in [5.41, 5.74) is 2.55. The van der Waals surface area contributed by atoms with Crippen LogP contribution in [0, 0.1) is 0 Å². The van der Waals surface area contributed by atoms with Crippen molar-refractivity contribution >= 4 is 52.1 Å². The molecule has 2 aliphatic rings. The molecule has 0 atom stereocenters. The van der Waals surface area contributed by atoms with Crippen molar-refractivity contribution in [2.24, 2.45) is 0 Å². The first-order valence-electron chi connectivity index (χ1n) is 10.7. The van der Waals surface area contributed by atoms with Gasteiger partial charge in [-0.05, 0) is 62.3 Å². The van der Waals surface area contributed by atoms with E-state index in [1.54, 1.807) is 18.2 Å². The van der Waals surface area contributed by atoms with Crippen LogP contribution >= 0.6 is 23.2 Å². The highest BCUT2D eigenvalue weighted by atomic mass is 35.5. The molecule has 1 amide bonds. The molecule has 1 aromatic heterocycles. The standard InChI is InChI=1S/C23H22Cl2N6O2/c24-18-2-1-3-19(25)20(18)31-13-33-21-17(22(31)32)12-27-23(30-21)29-15-6-4-14(5-7-15)28-16-8-10-26-11-9-16/h1-7,12,16,26,28H,8-11,13H2,(H,27,29,30). The van der Waals surface area contributed by atoms with Gasteiger partial charge in [0.15, 0.2) is 6.73 Å². The monoisotopic (exact) mass is 484 g/mol. The van der Waals surface area contributed by atoms with Gasteiger partial charge in [0, 0.05) is 23.6 Å². The molecule has 0 aliphatic carbocycles. The number of amides is 1. The van der Waals surface area contributed by atoms with Crippen molar-refractivity contribution in [3.05, 3.63) is 64.3 Å². The van der Waals surface area contributed by atoms with E-state index in [1.807, 2.05) is 24.3 Å². The van der Waals surface area contributed by atoms with Gasteiger partial charge in [-0.1, -0.05) is 29.3 Å². The van der Waals surface area contributed by atoms with Crippen LogP contribution in [0.2, 0.25) is 10.0 Å². The Bertz CT molecular complexity index is 1150. The van der Waals surface area contributed by atoms with Crippen LogP contribution in [-0.2, 0) is 0 Å². The molecule has 1 fully saturated rings. The van der Waals surface area contributed by atoms with E-state index in [4.69, 9.17) is 27.9 Å². The molecular weight excluding hydrogens is 463 g/mol. The fourth-order valence-corrected chi connectivity index (χ4v) is 4.51. The zero-order valence-corrected chi connectivity index (χ0v) is 19.2. The number of nitrogens with one attached hydrogen (secondary N) is 3. The first-order chi connectivity index (χ1) is 16.1. The maximum atomic E-state index is 13.0. The summed E-state index contributed by atoms with van der Waals surface area (Å²) in [6, 6.07) is 13.5. The number of aromatic nitrogens is 2.